The van der Waals surface area contributed by atoms with Crippen molar-refractivity contribution >= 4 is 17.8 Å². The van der Waals surface area contributed by atoms with Gasteiger partial charge in [0.25, 0.3) is 0 Å². The van der Waals surface area contributed by atoms with Gasteiger partial charge in [-0.1, -0.05) is 17.7 Å². The fraction of sp³-hybridized carbons (Fsp3) is 0.273. The molecule has 0 aliphatic carbocycles. The van der Waals surface area contributed by atoms with Gasteiger partial charge < -0.3 is 18.9 Å². The highest BCUT2D eigenvalue weighted by molar-refractivity contribution is 6.00. The largest absolute Gasteiger partial charge is 0.493 e. The second kappa shape index (κ2) is 9.60. The van der Waals surface area contributed by atoms with Gasteiger partial charge in [-0.3, -0.25) is 4.79 Å². The third kappa shape index (κ3) is 5.13. The zero-order valence-corrected chi connectivity index (χ0v) is 16.7. The Balaban J connectivity index is 2.05. The van der Waals surface area contributed by atoms with E-state index < -0.39 is 5.97 Å². The van der Waals surface area contributed by atoms with Crippen molar-refractivity contribution in [3.05, 3.63) is 58.7 Å². The molecule has 28 heavy (non-hydrogen) atoms. The zero-order chi connectivity index (χ0) is 20.7. The topological polar surface area (TPSA) is 71.1 Å². The highest BCUT2D eigenvalue weighted by Crippen LogP contribution is 2.38. The van der Waals surface area contributed by atoms with Crippen molar-refractivity contribution < 1.29 is 28.5 Å². The lowest BCUT2D eigenvalue weighted by atomic mass is 10.0. The summed E-state index contributed by atoms with van der Waals surface area (Å²) in [4.78, 5) is 24.3. The summed E-state index contributed by atoms with van der Waals surface area (Å²) in [6, 6.07) is 8.99. The zero-order valence-electron chi connectivity index (χ0n) is 16.7. The summed E-state index contributed by atoms with van der Waals surface area (Å²) in [6.07, 6.45) is 2.80. The van der Waals surface area contributed by atoms with Gasteiger partial charge in [-0.05, 0) is 49.2 Å². The van der Waals surface area contributed by atoms with Crippen molar-refractivity contribution in [1.29, 1.82) is 0 Å². The SMILES string of the molecule is COc1cc(/C=C/C(=O)OCC(=O)c2cc(C)ccc2C)cc(OC)c1OC. The van der Waals surface area contributed by atoms with Crippen LogP contribution in [-0.4, -0.2) is 39.7 Å². The van der Waals surface area contributed by atoms with Crippen LogP contribution in [0.15, 0.2) is 36.4 Å². The van der Waals surface area contributed by atoms with E-state index in [0.717, 1.165) is 11.1 Å². The summed E-state index contributed by atoms with van der Waals surface area (Å²) >= 11 is 0. The summed E-state index contributed by atoms with van der Waals surface area (Å²) in [5.74, 6) is 0.548. The van der Waals surface area contributed by atoms with Crippen LogP contribution in [0.1, 0.15) is 27.0 Å². The van der Waals surface area contributed by atoms with Gasteiger partial charge in [0.1, 0.15) is 0 Å². The van der Waals surface area contributed by atoms with Crippen molar-refractivity contribution in [2.75, 3.05) is 27.9 Å². The Labute approximate surface area is 164 Å². The van der Waals surface area contributed by atoms with Gasteiger partial charge in [0.15, 0.2) is 18.1 Å². The lowest BCUT2D eigenvalue weighted by molar-refractivity contribution is -0.136. The van der Waals surface area contributed by atoms with E-state index in [2.05, 4.69) is 0 Å². The quantitative estimate of drug-likeness (QED) is 0.392. The van der Waals surface area contributed by atoms with Crippen LogP contribution in [0.25, 0.3) is 6.08 Å². The summed E-state index contributed by atoms with van der Waals surface area (Å²) in [5.41, 5.74) is 3.04. The highest BCUT2D eigenvalue weighted by atomic mass is 16.5. The standard InChI is InChI=1S/C22H24O6/c1-14-6-7-15(2)17(10-14)18(23)13-28-21(24)9-8-16-11-19(25-3)22(27-5)20(12-16)26-4/h6-12H,13H2,1-5H3/b9-8+. The van der Waals surface area contributed by atoms with E-state index in [4.69, 9.17) is 18.9 Å². The maximum Gasteiger partial charge on any atom is 0.331 e. The van der Waals surface area contributed by atoms with Crippen molar-refractivity contribution in [2.45, 2.75) is 13.8 Å². The van der Waals surface area contributed by atoms with Gasteiger partial charge in [0.05, 0.1) is 21.3 Å². The Morgan fingerprint density at radius 1 is 0.929 bits per heavy atom. The molecule has 0 aliphatic rings. The molecule has 0 heterocycles. The Bertz CT molecular complexity index is 873. The first-order valence-corrected chi connectivity index (χ1v) is 8.65. The molecule has 0 spiro atoms. The summed E-state index contributed by atoms with van der Waals surface area (Å²) < 4.78 is 20.9. The van der Waals surface area contributed by atoms with E-state index in [1.807, 2.05) is 26.0 Å². The first-order valence-electron chi connectivity index (χ1n) is 8.65. The predicted octanol–water partition coefficient (Wildman–Crippen LogP) is 3.77. The Morgan fingerprint density at radius 3 is 2.14 bits per heavy atom. The third-order valence-corrected chi connectivity index (χ3v) is 4.14. The number of ketones is 1. The maximum absolute atomic E-state index is 12.3. The minimum atomic E-state index is -0.618. The molecular formula is C22H24O6. The van der Waals surface area contributed by atoms with Crippen LogP contribution >= 0.6 is 0 Å². The molecular weight excluding hydrogens is 360 g/mol. The van der Waals surface area contributed by atoms with Gasteiger partial charge in [-0.25, -0.2) is 4.79 Å². The lowest BCUT2D eigenvalue weighted by Gasteiger charge is -2.12. The minimum Gasteiger partial charge on any atom is -0.493 e. The van der Waals surface area contributed by atoms with Crippen LogP contribution < -0.4 is 14.2 Å². The summed E-state index contributed by atoms with van der Waals surface area (Å²) in [5, 5.41) is 0. The highest BCUT2D eigenvalue weighted by Gasteiger charge is 2.13. The third-order valence-electron chi connectivity index (χ3n) is 4.14. The van der Waals surface area contributed by atoms with Crippen molar-refractivity contribution in [3.63, 3.8) is 0 Å². The van der Waals surface area contributed by atoms with Crippen LogP contribution in [0.3, 0.4) is 0 Å². The summed E-state index contributed by atoms with van der Waals surface area (Å²) in [6.45, 7) is 3.43. The first kappa shape index (κ1) is 21.0. The average molecular weight is 384 g/mol. The van der Waals surface area contributed by atoms with E-state index in [1.54, 1.807) is 24.3 Å². The second-order valence-electron chi connectivity index (χ2n) is 6.14. The Kier molecular flexibility index (Phi) is 7.21. The Hall–Kier alpha value is -3.28. The number of hydrogen-bond donors (Lipinski definition) is 0. The second-order valence-corrected chi connectivity index (χ2v) is 6.14. The van der Waals surface area contributed by atoms with Gasteiger partial charge in [0, 0.05) is 11.6 Å². The van der Waals surface area contributed by atoms with Gasteiger partial charge in [-0.2, -0.15) is 0 Å². The molecule has 0 aliphatic heterocycles. The van der Waals surface area contributed by atoms with Crippen LogP contribution in [-0.2, 0) is 9.53 Å². The number of rotatable bonds is 8. The fourth-order valence-corrected chi connectivity index (χ4v) is 2.66. The van der Waals surface area contributed by atoms with Crippen LogP contribution in [0.5, 0.6) is 17.2 Å². The monoisotopic (exact) mass is 384 g/mol. The van der Waals surface area contributed by atoms with E-state index >= 15 is 0 Å². The number of methoxy groups -OCH3 is 3. The maximum atomic E-state index is 12.3. The molecule has 0 saturated carbocycles. The Morgan fingerprint density at radius 2 is 1.57 bits per heavy atom. The number of esters is 1. The molecule has 0 N–H and O–H groups in total. The fourth-order valence-electron chi connectivity index (χ4n) is 2.66. The number of aryl methyl sites for hydroxylation is 2. The molecule has 0 atom stereocenters. The van der Waals surface area contributed by atoms with E-state index in [1.165, 1.54) is 27.4 Å². The van der Waals surface area contributed by atoms with Gasteiger partial charge in [0.2, 0.25) is 11.5 Å². The number of hydrogen-bond acceptors (Lipinski definition) is 6. The van der Waals surface area contributed by atoms with Crippen LogP contribution in [0, 0.1) is 13.8 Å². The molecule has 2 aromatic carbocycles. The molecule has 0 saturated heterocycles. The molecule has 0 fully saturated rings. The molecule has 0 unspecified atom stereocenters. The van der Waals surface area contributed by atoms with Crippen molar-refractivity contribution in [3.8, 4) is 17.2 Å². The molecule has 0 radical (unpaired) electrons. The van der Waals surface area contributed by atoms with Crippen LogP contribution in [0.4, 0.5) is 0 Å². The average Bonchev–Trinajstić information content (AvgIpc) is 2.71. The minimum absolute atomic E-state index is 0.240. The smallest absolute Gasteiger partial charge is 0.331 e. The van der Waals surface area contributed by atoms with E-state index in [0.29, 0.717) is 28.4 Å². The molecule has 6 heteroatoms. The van der Waals surface area contributed by atoms with E-state index in [9.17, 15) is 9.59 Å². The summed E-state index contributed by atoms with van der Waals surface area (Å²) in [7, 11) is 4.54. The number of ether oxygens (including phenoxy) is 4. The normalized spacial score (nSPS) is 10.6. The number of Topliss-reactive ketones (excluding diaryl/α,β-unsaturated/α-hetero) is 1. The van der Waals surface area contributed by atoms with Crippen molar-refractivity contribution in [2.24, 2.45) is 0 Å². The van der Waals surface area contributed by atoms with Crippen LogP contribution in [0.2, 0.25) is 0 Å². The lowest BCUT2D eigenvalue weighted by Crippen LogP contribution is -2.13. The molecule has 6 nitrogen and oxygen atoms in total. The molecule has 2 aromatic rings. The molecule has 0 bridgehead atoms. The number of carbonyl (C=O) groups is 2. The number of carbonyl (C=O) groups excluding carboxylic acids is 2. The van der Waals surface area contributed by atoms with E-state index in [-0.39, 0.29) is 12.4 Å². The van der Waals surface area contributed by atoms with Gasteiger partial charge in [-0.15, -0.1) is 0 Å². The van der Waals surface area contributed by atoms with Gasteiger partial charge >= 0.3 is 5.97 Å². The molecule has 0 aromatic heterocycles. The van der Waals surface area contributed by atoms with Crippen molar-refractivity contribution in [1.82, 2.24) is 0 Å². The first-order chi connectivity index (χ1) is 13.4. The molecule has 2 rings (SSSR count). The molecule has 0 amide bonds. The predicted molar refractivity (Wildman–Crippen MR) is 106 cm³/mol. The number of benzene rings is 2. The molecule has 148 valence electrons.